The summed E-state index contributed by atoms with van der Waals surface area (Å²) in [5.74, 6) is -1.23. The lowest BCUT2D eigenvalue weighted by atomic mass is 10.1. The van der Waals surface area contributed by atoms with E-state index in [9.17, 15) is 15.0 Å². The predicted molar refractivity (Wildman–Crippen MR) is 49.1 cm³/mol. The summed E-state index contributed by atoms with van der Waals surface area (Å²) in [6, 6.07) is 0. The molecule has 0 aliphatic heterocycles. The molecule has 2 unspecified atom stereocenters. The van der Waals surface area contributed by atoms with Crippen molar-refractivity contribution in [2.45, 2.75) is 12.2 Å². The van der Waals surface area contributed by atoms with Crippen molar-refractivity contribution < 1.29 is 20.1 Å². The molecule has 0 aliphatic carbocycles. The van der Waals surface area contributed by atoms with Crippen molar-refractivity contribution in [2.75, 3.05) is 6.54 Å². The summed E-state index contributed by atoms with van der Waals surface area (Å²) in [6.45, 7) is -0.141. The summed E-state index contributed by atoms with van der Waals surface area (Å²) in [5, 5.41) is 27.4. The van der Waals surface area contributed by atoms with Crippen molar-refractivity contribution in [3.8, 4) is 0 Å². The quantitative estimate of drug-likeness (QED) is 0.525. The molecule has 7 heteroatoms. The zero-order chi connectivity index (χ0) is 10.7. The highest BCUT2D eigenvalue weighted by atomic mass is 32.1. The van der Waals surface area contributed by atoms with E-state index in [4.69, 9.17) is 10.8 Å². The monoisotopic (exact) mass is 218 g/mol. The average Bonchev–Trinajstić information content (AvgIpc) is 2.63. The molecule has 0 radical (unpaired) electrons. The first-order valence-electron chi connectivity index (χ1n) is 3.80. The van der Waals surface area contributed by atoms with Gasteiger partial charge in [-0.2, -0.15) is 0 Å². The van der Waals surface area contributed by atoms with Gasteiger partial charge in [-0.3, -0.25) is 0 Å². The molecule has 14 heavy (non-hydrogen) atoms. The van der Waals surface area contributed by atoms with Gasteiger partial charge < -0.3 is 21.1 Å². The fourth-order valence-electron chi connectivity index (χ4n) is 0.929. The van der Waals surface area contributed by atoms with Crippen LogP contribution in [0.3, 0.4) is 0 Å². The first kappa shape index (κ1) is 11.1. The van der Waals surface area contributed by atoms with Gasteiger partial charge >= 0.3 is 5.97 Å². The minimum absolute atomic E-state index is 0.121. The van der Waals surface area contributed by atoms with Gasteiger partial charge in [-0.1, -0.05) is 0 Å². The van der Waals surface area contributed by atoms with Gasteiger partial charge in [0.25, 0.3) is 0 Å². The summed E-state index contributed by atoms with van der Waals surface area (Å²) in [4.78, 5) is 14.3. The third-order valence-corrected chi connectivity index (χ3v) is 2.57. The standard InChI is InChI=1S/C7H10N2O4S/c8-1-3(10)5(11)6-4(7(12)13)9-2-14-6/h2-3,5,10-11H,1,8H2,(H,12,13). The Balaban J connectivity index is 2.94. The van der Waals surface area contributed by atoms with E-state index in [0.29, 0.717) is 0 Å². The third-order valence-electron chi connectivity index (χ3n) is 1.67. The molecule has 0 saturated heterocycles. The van der Waals surface area contributed by atoms with Crippen LogP contribution in [0.2, 0.25) is 0 Å². The molecule has 2 atom stereocenters. The van der Waals surface area contributed by atoms with E-state index >= 15 is 0 Å². The average molecular weight is 218 g/mol. The largest absolute Gasteiger partial charge is 0.476 e. The molecule has 0 saturated carbocycles. The Morgan fingerprint density at radius 1 is 1.64 bits per heavy atom. The topological polar surface area (TPSA) is 117 Å². The summed E-state index contributed by atoms with van der Waals surface area (Å²) in [5.41, 5.74) is 6.19. The molecule has 5 N–H and O–H groups in total. The molecule has 0 amide bonds. The molecule has 1 rings (SSSR count). The van der Waals surface area contributed by atoms with Gasteiger partial charge in [-0.25, -0.2) is 9.78 Å². The van der Waals surface area contributed by atoms with Gasteiger partial charge in [-0.15, -0.1) is 11.3 Å². The molecule has 0 aromatic carbocycles. The van der Waals surface area contributed by atoms with Gasteiger partial charge in [0.2, 0.25) is 0 Å². The van der Waals surface area contributed by atoms with Gasteiger partial charge in [0, 0.05) is 6.54 Å². The fourth-order valence-corrected chi connectivity index (χ4v) is 1.75. The van der Waals surface area contributed by atoms with Crippen LogP contribution in [0, 0.1) is 0 Å². The number of aromatic nitrogens is 1. The number of carboxylic acid groups (broad SMARTS) is 1. The molecular formula is C7H10N2O4S. The number of hydrogen-bond donors (Lipinski definition) is 4. The van der Waals surface area contributed by atoms with Crippen LogP contribution >= 0.6 is 11.3 Å². The number of thiazole rings is 1. The second kappa shape index (κ2) is 4.47. The first-order chi connectivity index (χ1) is 6.57. The number of rotatable bonds is 4. The van der Waals surface area contributed by atoms with Crippen LogP contribution in [-0.4, -0.2) is 38.9 Å². The Kier molecular flexibility index (Phi) is 3.53. The fraction of sp³-hybridized carbons (Fsp3) is 0.429. The van der Waals surface area contributed by atoms with E-state index in [-0.39, 0.29) is 17.1 Å². The third kappa shape index (κ3) is 2.07. The van der Waals surface area contributed by atoms with Gasteiger partial charge in [-0.05, 0) is 0 Å². The molecule has 78 valence electrons. The molecule has 1 aromatic rings. The number of aromatic carboxylic acids is 1. The molecule has 0 aliphatic rings. The zero-order valence-corrected chi connectivity index (χ0v) is 7.94. The Labute approximate surface area is 83.6 Å². The van der Waals surface area contributed by atoms with Crippen molar-refractivity contribution >= 4 is 17.3 Å². The zero-order valence-electron chi connectivity index (χ0n) is 7.12. The number of carboxylic acids is 1. The maximum absolute atomic E-state index is 10.6. The Morgan fingerprint density at radius 3 is 2.79 bits per heavy atom. The highest BCUT2D eigenvalue weighted by molar-refractivity contribution is 7.10. The summed E-state index contributed by atoms with van der Waals surface area (Å²) in [7, 11) is 0. The van der Waals surface area contributed by atoms with Crippen molar-refractivity contribution in [1.29, 1.82) is 0 Å². The second-order valence-corrected chi connectivity index (χ2v) is 3.50. The number of carbonyl (C=O) groups is 1. The van der Waals surface area contributed by atoms with E-state index in [2.05, 4.69) is 4.98 Å². The van der Waals surface area contributed by atoms with Gasteiger partial charge in [0.15, 0.2) is 5.69 Å². The summed E-state index contributed by atoms with van der Waals surface area (Å²) < 4.78 is 0. The van der Waals surface area contributed by atoms with E-state index in [0.717, 1.165) is 11.3 Å². The number of nitrogens with two attached hydrogens (primary N) is 1. The first-order valence-corrected chi connectivity index (χ1v) is 4.68. The maximum atomic E-state index is 10.6. The Hall–Kier alpha value is -1.02. The lowest BCUT2D eigenvalue weighted by molar-refractivity contribution is 0.0252. The lowest BCUT2D eigenvalue weighted by Crippen LogP contribution is -2.27. The molecule has 1 heterocycles. The minimum Gasteiger partial charge on any atom is -0.476 e. The smallest absolute Gasteiger partial charge is 0.355 e. The van der Waals surface area contributed by atoms with Crippen LogP contribution in [0.4, 0.5) is 0 Å². The Morgan fingerprint density at radius 2 is 2.29 bits per heavy atom. The summed E-state index contributed by atoms with van der Waals surface area (Å²) >= 11 is 0.972. The number of aliphatic hydroxyl groups excluding tert-OH is 2. The predicted octanol–water partition coefficient (Wildman–Crippen LogP) is -0.806. The highest BCUT2D eigenvalue weighted by Gasteiger charge is 2.25. The maximum Gasteiger partial charge on any atom is 0.355 e. The van der Waals surface area contributed by atoms with Crippen LogP contribution in [0.1, 0.15) is 21.5 Å². The number of aliphatic hydroxyl groups is 2. The van der Waals surface area contributed by atoms with E-state index < -0.39 is 18.2 Å². The van der Waals surface area contributed by atoms with Gasteiger partial charge in [0.1, 0.15) is 6.10 Å². The van der Waals surface area contributed by atoms with Gasteiger partial charge in [0.05, 0.1) is 16.5 Å². The van der Waals surface area contributed by atoms with Crippen LogP contribution in [0.5, 0.6) is 0 Å². The van der Waals surface area contributed by atoms with Crippen molar-refractivity contribution in [1.82, 2.24) is 4.98 Å². The minimum atomic E-state index is -1.29. The lowest BCUT2D eigenvalue weighted by Gasteiger charge is -2.14. The Bertz CT molecular complexity index is 327. The number of nitrogens with zero attached hydrogens (tertiary/aromatic N) is 1. The van der Waals surface area contributed by atoms with Crippen molar-refractivity contribution in [3.63, 3.8) is 0 Å². The normalized spacial score (nSPS) is 15.1. The van der Waals surface area contributed by atoms with Crippen LogP contribution in [0.25, 0.3) is 0 Å². The molecule has 0 fully saturated rings. The highest BCUT2D eigenvalue weighted by Crippen LogP contribution is 2.24. The molecule has 0 spiro atoms. The molecule has 6 nitrogen and oxygen atoms in total. The molecular weight excluding hydrogens is 208 g/mol. The van der Waals surface area contributed by atoms with Crippen LogP contribution < -0.4 is 5.73 Å². The van der Waals surface area contributed by atoms with Crippen LogP contribution in [-0.2, 0) is 0 Å². The van der Waals surface area contributed by atoms with Crippen molar-refractivity contribution in [3.05, 3.63) is 16.1 Å². The molecule has 1 aromatic heterocycles. The molecule has 0 bridgehead atoms. The number of hydrogen-bond acceptors (Lipinski definition) is 6. The SMILES string of the molecule is NCC(O)C(O)c1scnc1C(=O)O. The van der Waals surface area contributed by atoms with E-state index in [1.165, 1.54) is 5.51 Å². The van der Waals surface area contributed by atoms with Crippen molar-refractivity contribution in [2.24, 2.45) is 5.73 Å². The van der Waals surface area contributed by atoms with E-state index in [1.807, 2.05) is 0 Å². The van der Waals surface area contributed by atoms with E-state index in [1.54, 1.807) is 0 Å². The summed E-state index contributed by atoms with van der Waals surface area (Å²) in [6.07, 6.45) is -2.47. The van der Waals surface area contributed by atoms with Crippen LogP contribution in [0.15, 0.2) is 5.51 Å². The second-order valence-electron chi connectivity index (χ2n) is 2.62.